The molecule has 0 heterocycles. The SMILES string of the molecule is COc1ccccc1OC1CCCCCC1CN. The van der Waals surface area contributed by atoms with Crippen molar-refractivity contribution in [1.82, 2.24) is 0 Å². The molecule has 0 spiro atoms. The van der Waals surface area contributed by atoms with Gasteiger partial charge in [-0.2, -0.15) is 0 Å². The molecule has 0 amide bonds. The van der Waals surface area contributed by atoms with E-state index >= 15 is 0 Å². The van der Waals surface area contributed by atoms with Crippen molar-refractivity contribution in [3.63, 3.8) is 0 Å². The molecule has 1 aromatic rings. The van der Waals surface area contributed by atoms with Crippen molar-refractivity contribution in [2.75, 3.05) is 13.7 Å². The summed E-state index contributed by atoms with van der Waals surface area (Å²) in [6.45, 7) is 0.708. The number of para-hydroxylation sites is 2. The molecule has 3 heteroatoms. The Balaban J connectivity index is 2.10. The summed E-state index contributed by atoms with van der Waals surface area (Å²) in [6.07, 6.45) is 6.30. The monoisotopic (exact) mass is 249 g/mol. The van der Waals surface area contributed by atoms with Gasteiger partial charge in [-0.15, -0.1) is 0 Å². The van der Waals surface area contributed by atoms with Gasteiger partial charge in [-0.1, -0.05) is 25.0 Å². The first-order valence-corrected chi connectivity index (χ1v) is 6.85. The van der Waals surface area contributed by atoms with Crippen LogP contribution in [0.1, 0.15) is 32.1 Å². The summed E-state index contributed by atoms with van der Waals surface area (Å²) in [6, 6.07) is 7.84. The van der Waals surface area contributed by atoms with Crippen molar-refractivity contribution in [3.8, 4) is 11.5 Å². The van der Waals surface area contributed by atoms with Crippen molar-refractivity contribution in [3.05, 3.63) is 24.3 Å². The van der Waals surface area contributed by atoms with Crippen LogP contribution in [-0.4, -0.2) is 19.8 Å². The van der Waals surface area contributed by atoms with Gasteiger partial charge in [-0.3, -0.25) is 0 Å². The van der Waals surface area contributed by atoms with Crippen molar-refractivity contribution in [2.24, 2.45) is 11.7 Å². The van der Waals surface area contributed by atoms with E-state index in [1.807, 2.05) is 24.3 Å². The minimum Gasteiger partial charge on any atom is -0.493 e. The fourth-order valence-electron chi connectivity index (χ4n) is 2.65. The van der Waals surface area contributed by atoms with E-state index in [1.54, 1.807) is 7.11 Å². The van der Waals surface area contributed by atoms with Gasteiger partial charge in [-0.05, 0) is 37.9 Å². The number of hydrogen-bond acceptors (Lipinski definition) is 3. The average Bonchev–Trinajstić information content (AvgIpc) is 2.64. The highest BCUT2D eigenvalue weighted by atomic mass is 16.5. The largest absolute Gasteiger partial charge is 0.493 e. The van der Waals surface area contributed by atoms with Gasteiger partial charge < -0.3 is 15.2 Å². The van der Waals surface area contributed by atoms with Crippen LogP contribution < -0.4 is 15.2 Å². The number of ether oxygens (including phenoxy) is 2. The second-order valence-corrected chi connectivity index (χ2v) is 4.94. The molecule has 2 rings (SSSR count). The summed E-state index contributed by atoms with van der Waals surface area (Å²) in [5, 5.41) is 0. The molecule has 2 atom stereocenters. The minimum absolute atomic E-state index is 0.230. The van der Waals surface area contributed by atoms with Gasteiger partial charge in [0.2, 0.25) is 0 Å². The fourth-order valence-corrected chi connectivity index (χ4v) is 2.65. The lowest BCUT2D eigenvalue weighted by molar-refractivity contribution is 0.125. The van der Waals surface area contributed by atoms with Crippen LogP contribution in [0.5, 0.6) is 11.5 Å². The molecule has 0 aliphatic heterocycles. The summed E-state index contributed by atoms with van der Waals surface area (Å²) in [5.41, 5.74) is 5.88. The van der Waals surface area contributed by atoms with E-state index in [4.69, 9.17) is 15.2 Å². The summed E-state index contributed by atoms with van der Waals surface area (Å²) < 4.78 is 11.5. The van der Waals surface area contributed by atoms with Gasteiger partial charge >= 0.3 is 0 Å². The molecule has 2 N–H and O–H groups in total. The van der Waals surface area contributed by atoms with Crippen molar-refractivity contribution in [1.29, 1.82) is 0 Å². The van der Waals surface area contributed by atoms with E-state index in [0.717, 1.165) is 17.9 Å². The molecule has 18 heavy (non-hydrogen) atoms. The molecule has 2 unspecified atom stereocenters. The maximum absolute atomic E-state index is 6.16. The molecule has 1 aliphatic rings. The van der Waals surface area contributed by atoms with Crippen LogP contribution in [-0.2, 0) is 0 Å². The maximum atomic E-state index is 6.16. The smallest absolute Gasteiger partial charge is 0.161 e. The van der Waals surface area contributed by atoms with E-state index in [-0.39, 0.29) is 6.10 Å². The standard InChI is InChI=1S/C15H23NO2/c1-17-14-9-5-6-10-15(14)18-13-8-4-2-3-7-12(13)11-16/h5-6,9-10,12-13H,2-4,7-8,11,16H2,1H3. The van der Waals surface area contributed by atoms with Gasteiger partial charge in [0.15, 0.2) is 11.5 Å². The van der Waals surface area contributed by atoms with Crippen molar-refractivity contribution < 1.29 is 9.47 Å². The first-order chi connectivity index (χ1) is 8.85. The Morgan fingerprint density at radius 2 is 1.83 bits per heavy atom. The van der Waals surface area contributed by atoms with Crippen LogP contribution in [0.4, 0.5) is 0 Å². The fraction of sp³-hybridized carbons (Fsp3) is 0.600. The lowest BCUT2D eigenvalue weighted by Gasteiger charge is -2.25. The average molecular weight is 249 g/mol. The van der Waals surface area contributed by atoms with E-state index < -0.39 is 0 Å². The lowest BCUT2D eigenvalue weighted by atomic mass is 9.97. The normalized spacial score (nSPS) is 24.3. The van der Waals surface area contributed by atoms with E-state index in [0.29, 0.717) is 12.5 Å². The second kappa shape index (κ2) is 6.64. The van der Waals surface area contributed by atoms with Gasteiger partial charge in [0.1, 0.15) is 6.10 Å². The summed E-state index contributed by atoms with van der Waals surface area (Å²) in [4.78, 5) is 0. The van der Waals surface area contributed by atoms with Gasteiger partial charge in [-0.25, -0.2) is 0 Å². The molecule has 3 nitrogen and oxygen atoms in total. The zero-order valence-electron chi connectivity index (χ0n) is 11.1. The number of benzene rings is 1. The van der Waals surface area contributed by atoms with Crippen LogP contribution in [0.3, 0.4) is 0 Å². The molecule has 1 saturated carbocycles. The Hall–Kier alpha value is -1.22. The predicted molar refractivity (Wildman–Crippen MR) is 73.0 cm³/mol. The summed E-state index contributed by atoms with van der Waals surface area (Å²) in [5.74, 6) is 2.11. The van der Waals surface area contributed by atoms with Crippen LogP contribution in [0.15, 0.2) is 24.3 Å². The van der Waals surface area contributed by atoms with Gasteiger partial charge in [0, 0.05) is 5.92 Å². The van der Waals surface area contributed by atoms with Crippen LogP contribution in [0.25, 0.3) is 0 Å². The molecule has 0 aromatic heterocycles. The minimum atomic E-state index is 0.230. The molecular formula is C15H23NO2. The van der Waals surface area contributed by atoms with E-state index in [9.17, 15) is 0 Å². The Bertz CT molecular complexity index is 367. The highest BCUT2D eigenvalue weighted by molar-refractivity contribution is 5.39. The quantitative estimate of drug-likeness (QED) is 0.834. The maximum Gasteiger partial charge on any atom is 0.161 e. The third-order valence-electron chi connectivity index (χ3n) is 3.74. The number of nitrogens with two attached hydrogens (primary N) is 1. The van der Waals surface area contributed by atoms with Crippen LogP contribution >= 0.6 is 0 Å². The zero-order chi connectivity index (χ0) is 12.8. The highest BCUT2D eigenvalue weighted by Gasteiger charge is 2.24. The number of rotatable bonds is 4. The molecule has 1 aromatic carbocycles. The first-order valence-electron chi connectivity index (χ1n) is 6.85. The van der Waals surface area contributed by atoms with Crippen molar-refractivity contribution in [2.45, 2.75) is 38.2 Å². The molecule has 0 radical (unpaired) electrons. The third kappa shape index (κ3) is 3.16. The number of methoxy groups -OCH3 is 1. The molecule has 0 saturated heterocycles. The second-order valence-electron chi connectivity index (χ2n) is 4.94. The van der Waals surface area contributed by atoms with Gasteiger partial charge in [0.25, 0.3) is 0 Å². The molecule has 100 valence electrons. The summed E-state index contributed by atoms with van der Waals surface area (Å²) in [7, 11) is 1.68. The number of hydrogen-bond donors (Lipinski definition) is 1. The topological polar surface area (TPSA) is 44.5 Å². The molecule has 1 fully saturated rings. The Morgan fingerprint density at radius 1 is 1.11 bits per heavy atom. The van der Waals surface area contributed by atoms with E-state index in [2.05, 4.69) is 0 Å². The molecule has 0 bridgehead atoms. The van der Waals surface area contributed by atoms with E-state index in [1.165, 1.54) is 25.7 Å². The van der Waals surface area contributed by atoms with Crippen molar-refractivity contribution >= 4 is 0 Å². The third-order valence-corrected chi connectivity index (χ3v) is 3.74. The highest BCUT2D eigenvalue weighted by Crippen LogP contribution is 2.32. The summed E-state index contributed by atoms with van der Waals surface area (Å²) >= 11 is 0. The Kier molecular flexibility index (Phi) is 4.88. The Labute approximate surface area is 109 Å². The van der Waals surface area contributed by atoms with Crippen LogP contribution in [0, 0.1) is 5.92 Å². The zero-order valence-corrected chi connectivity index (χ0v) is 11.1. The predicted octanol–water partition coefficient (Wildman–Crippen LogP) is 2.98. The van der Waals surface area contributed by atoms with Crippen LogP contribution in [0.2, 0.25) is 0 Å². The lowest BCUT2D eigenvalue weighted by Crippen LogP contribution is -2.31. The Morgan fingerprint density at radius 3 is 2.56 bits per heavy atom. The van der Waals surface area contributed by atoms with Gasteiger partial charge in [0.05, 0.1) is 7.11 Å². The molecular weight excluding hydrogens is 226 g/mol. The first kappa shape index (κ1) is 13.2. The molecule has 1 aliphatic carbocycles.